The summed E-state index contributed by atoms with van der Waals surface area (Å²) >= 11 is 3.40. The van der Waals surface area contributed by atoms with E-state index in [4.69, 9.17) is 0 Å². The number of halogens is 1. The minimum absolute atomic E-state index is 0.810. The van der Waals surface area contributed by atoms with Crippen LogP contribution in [0.2, 0.25) is 0 Å². The van der Waals surface area contributed by atoms with Gasteiger partial charge in [0.1, 0.15) is 0 Å². The third-order valence-electron chi connectivity index (χ3n) is 1.77. The van der Waals surface area contributed by atoms with E-state index >= 15 is 0 Å². The first-order valence-electron chi connectivity index (χ1n) is 3.47. The summed E-state index contributed by atoms with van der Waals surface area (Å²) in [4.78, 5) is 4.10. The fourth-order valence-corrected chi connectivity index (χ4v) is 1.45. The van der Waals surface area contributed by atoms with Gasteiger partial charge in [0, 0.05) is 16.9 Å². The molecule has 2 heteroatoms. The lowest BCUT2D eigenvalue weighted by Crippen LogP contribution is -1.80. The maximum atomic E-state index is 4.10. The summed E-state index contributed by atoms with van der Waals surface area (Å²) in [5, 5.41) is 0. The Morgan fingerprint density at radius 2 is 2.20 bits per heavy atom. The van der Waals surface area contributed by atoms with Gasteiger partial charge in [-0.3, -0.25) is 4.98 Å². The molecule has 52 valence electrons. The molecule has 0 radical (unpaired) electrons. The second-order valence-corrected chi connectivity index (χ2v) is 3.63. The molecule has 1 fully saturated rings. The monoisotopic (exact) mass is 197 g/mol. The van der Waals surface area contributed by atoms with Crippen molar-refractivity contribution in [3.05, 3.63) is 28.5 Å². The minimum Gasteiger partial charge on any atom is -0.263 e. The first kappa shape index (κ1) is 6.35. The second kappa shape index (κ2) is 2.35. The number of aromatic nitrogens is 1. The van der Waals surface area contributed by atoms with Crippen LogP contribution < -0.4 is 0 Å². The molecule has 0 saturated heterocycles. The lowest BCUT2D eigenvalue weighted by Gasteiger charge is -1.95. The standard InChI is InChI=1S/C8H8BrN/c9-8-3-7(4-10-5-8)6-1-2-6/h3-6H,1-2H2. The maximum absolute atomic E-state index is 4.10. The average molecular weight is 198 g/mol. The van der Waals surface area contributed by atoms with Crippen molar-refractivity contribution < 1.29 is 0 Å². The lowest BCUT2D eigenvalue weighted by atomic mass is 10.2. The smallest absolute Gasteiger partial charge is 0.0410 e. The molecule has 0 atom stereocenters. The van der Waals surface area contributed by atoms with Gasteiger partial charge in [0.15, 0.2) is 0 Å². The summed E-state index contributed by atoms with van der Waals surface area (Å²) in [5.41, 5.74) is 1.38. The normalized spacial score (nSPS) is 17.3. The van der Waals surface area contributed by atoms with Crippen LogP contribution in [-0.2, 0) is 0 Å². The molecule has 1 aromatic rings. The van der Waals surface area contributed by atoms with Crippen molar-refractivity contribution >= 4 is 15.9 Å². The molecule has 2 rings (SSSR count). The Hall–Kier alpha value is -0.370. The Bertz CT molecular complexity index is 243. The van der Waals surface area contributed by atoms with E-state index < -0.39 is 0 Å². The first-order chi connectivity index (χ1) is 4.86. The van der Waals surface area contributed by atoms with Crippen LogP contribution >= 0.6 is 15.9 Å². The van der Waals surface area contributed by atoms with Crippen LogP contribution in [0.1, 0.15) is 24.3 Å². The van der Waals surface area contributed by atoms with E-state index in [0.717, 1.165) is 10.4 Å². The van der Waals surface area contributed by atoms with E-state index in [9.17, 15) is 0 Å². The average Bonchev–Trinajstić information content (AvgIpc) is 2.68. The highest BCUT2D eigenvalue weighted by atomic mass is 79.9. The van der Waals surface area contributed by atoms with Crippen molar-refractivity contribution in [3.8, 4) is 0 Å². The van der Waals surface area contributed by atoms with E-state index in [1.807, 2.05) is 12.4 Å². The number of hydrogen-bond donors (Lipinski definition) is 0. The van der Waals surface area contributed by atoms with Gasteiger partial charge < -0.3 is 0 Å². The molecule has 0 amide bonds. The number of rotatable bonds is 1. The quantitative estimate of drug-likeness (QED) is 0.675. The number of hydrogen-bond acceptors (Lipinski definition) is 1. The predicted molar refractivity (Wildman–Crippen MR) is 43.9 cm³/mol. The Morgan fingerprint density at radius 1 is 1.40 bits per heavy atom. The summed E-state index contributed by atoms with van der Waals surface area (Å²) in [6.45, 7) is 0. The van der Waals surface area contributed by atoms with Crippen LogP contribution in [0.25, 0.3) is 0 Å². The molecule has 0 aromatic carbocycles. The third kappa shape index (κ3) is 1.21. The highest BCUT2D eigenvalue weighted by Gasteiger charge is 2.23. The second-order valence-electron chi connectivity index (χ2n) is 2.71. The molecule has 10 heavy (non-hydrogen) atoms. The van der Waals surface area contributed by atoms with Gasteiger partial charge in [0.05, 0.1) is 0 Å². The molecule has 1 aliphatic carbocycles. The molecular formula is C8H8BrN. The third-order valence-corrected chi connectivity index (χ3v) is 2.21. The van der Waals surface area contributed by atoms with Gasteiger partial charge in [-0.2, -0.15) is 0 Å². The van der Waals surface area contributed by atoms with E-state index in [1.165, 1.54) is 18.4 Å². The minimum atomic E-state index is 0.810. The fraction of sp³-hybridized carbons (Fsp3) is 0.375. The zero-order valence-corrected chi connectivity index (χ0v) is 7.13. The number of pyridine rings is 1. The van der Waals surface area contributed by atoms with Gasteiger partial charge in [-0.05, 0) is 46.3 Å². The van der Waals surface area contributed by atoms with Crippen LogP contribution in [0.15, 0.2) is 22.9 Å². The zero-order valence-electron chi connectivity index (χ0n) is 5.55. The van der Waals surface area contributed by atoms with Crippen molar-refractivity contribution in [1.29, 1.82) is 0 Å². The van der Waals surface area contributed by atoms with E-state index in [1.54, 1.807) is 0 Å². The molecule has 0 N–H and O–H groups in total. The van der Waals surface area contributed by atoms with E-state index in [2.05, 4.69) is 27.0 Å². The van der Waals surface area contributed by atoms with Gasteiger partial charge in [-0.1, -0.05) is 0 Å². The predicted octanol–water partition coefficient (Wildman–Crippen LogP) is 2.72. The van der Waals surface area contributed by atoms with Crippen LogP contribution in [0.5, 0.6) is 0 Å². The Labute approximate surface area is 68.6 Å². The summed E-state index contributed by atoms with van der Waals surface area (Å²) in [6, 6.07) is 2.16. The molecule has 1 heterocycles. The SMILES string of the molecule is Brc1cncc(C2CC2)c1. The van der Waals surface area contributed by atoms with Crippen LogP contribution in [0, 0.1) is 0 Å². The molecule has 1 saturated carbocycles. The molecule has 0 spiro atoms. The van der Waals surface area contributed by atoms with Gasteiger partial charge in [0.2, 0.25) is 0 Å². The van der Waals surface area contributed by atoms with Gasteiger partial charge in [0.25, 0.3) is 0 Å². The highest BCUT2D eigenvalue weighted by Crippen LogP contribution is 2.40. The summed E-state index contributed by atoms with van der Waals surface area (Å²) in [5.74, 6) is 0.810. The molecule has 1 nitrogen and oxygen atoms in total. The van der Waals surface area contributed by atoms with Gasteiger partial charge >= 0.3 is 0 Å². The van der Waals surface area contributed by atoms with E-state index in [-0.39, 0.29) is 0 Å². The summed E-state index contributed by atoms with van der Waals surface area (Å²) in [6.07, 6.45) is 6.48. The fourth-order valence-electron chi connectivity index (χ4n) is 1.07. The first-order valence-corrected chi connectivity index (χ1v) is 4.26. The molecular weight excluding hydrogens is 190 g/mol. The highest BCUT2D eigenvalue weighted by molar-refractivity contribution is 9.10. The van der Waals surface area contributed by atoms with Crippen LogP contribution in [0.3, 0.4) is 0 Å². The zero-order chi connectivity index (χ0) is 6.97. The van der Waals surface area contributed by atoms with Crippen molar-refractivity contribution in [1.82, 2.24) is 4.98 Å². The number of nitrogens with zero attached hydrogens (tertiary/aromatic N) is 1. The topological polar surface area (TPSA) is 12.9 Å². The van der Waals surface area contributed by atoms with Crippen molar-refractivity contribution in [2.45, 2.75) is 18.8 Å². The van der Waals surface area contributed by atoms with Crippen molar-refractivity contribution in [3.63, 3.8) is 0 Å². The maximum Gasteiger partial charge on any atom is 0.0410 e. The molecule has 0 bridgehead atoms. The Morgan fingerprint density at radius 3 is 2.80 bits per heavy atom. The largest absolute Gasteiger partial charge is 0.263 e. The molecule has 0 unspecified atom stereocenters. The molecule has 0 aliphatic heterocycles. The lowest BCUT2D eigenvalue weighted by molar-refractivity contribution is 1.09. The van der Waals surface area contributed by atoms with Crippen molar-refractivity contribution in [2.24, 2.45) is 0 Å². The van der Waals surface area contributed by atoms with Crippen molar-refractivity contribution in [2.75, 3.05) is 0 Å². The summed E-state index contributed by atoms with van der Waals surface area (Å²) < 4.78 is 1.09. The molecule has 1 aliphatic rings. The van der Waals surface area contributed by atoms with Gasteiger partial charge in [-0.15, -0.1) is 0 Å². The summed E-state index contributed by atoms with van der Waals surface area (Å²) in [7, 11) is 0. The van der Waals surface area contributed by atoms with E-state index in [0.29, 0.717) is 0 Å². The van der Waals surface area contributed by atoms with Gasteiger partial charge in [-0.25, -0.2) is 0 Å². The van der Waals surface area contributed by atoms with Crippen LogP contribution in [0.4, 0.5) is 0 Å². The Balaban J connectivity index is 2.32. The Kier molecular flexibility index (Phi) is 1.49. The van der Waals surface area contributed by atoms with Crippen LogP contribution in [-0.4, -0.2) is 4.98 Å². The molecule has 1 aromatic heterocycles.